The Labute approximate surface area is 170 Å². The van der Waals surface area contributed by atoms with Crippen LogP contribution in [0.1, 0.15) is 37.2 Å². The number of hydrogen-bond donors (Lipinski definition) is 1. The lowest BCUT2D eigenvalue weighted by atomic mass is 10.1. The standard InChI is InChI=1S/C19H30N6O2S/c1-12-10-24(11-13(2)27-12)9-8-20-17(26)7-6-16-14(3)21-18-22-19(28-5)23-25(18)15(16)4/h12-13H,6-11H2,1-5H3,(H,20,26). The maximum Gasteiger partial charge on any atom is 0.253 e. The molecule has 1 N–H and O–H groups in total. The topological polar surface area (TPSA) is 84.7 Å². The monoisotopic (exact) mass is 406 g/mol. The van der Waals surface area contributed by atoms with Gasteiger partial charge in [0.25, 0.3) is 5.78 Å². The fourth-order valence-electron chi connectivity index (χ4n) is 3.79. The van der Waals surface area contributed by atoms with Gasteiger partial charge in [-0.2, -0.15) is 4.98 Å². The van der Waals surface area contributed by atoms with Crippen LogP contribution in [0.25, 0.3) is 5.78 Å². The van der Waals surface area contributed by atoms with Crippen molar-refractivity contribution in [1.29, 1.82) is 0 Å². The minimum absolute atomic E-state index is 0.0663. The smallest absolute Gasteiger partial charge is 0.253 e. The number of carbonyl (C=O) groups excluding carboxylic acids is 1. The molecule has 0 spiro atoms. The van der Waals surface area contributed by atoms with Crippen LogP contribution in [0, 0.1) is 13.8 Å². The number of nitrogens with zero attached hydrogens (tertiary/aromatic N) is 5. The van der Waals surface area contributed by atoms with E-state index in [2.05, 4.69) is 39.1 Å². The first-order valence-corrected chi connectivity index (χ1v) is 11.0. The fraction of sp³-hybridized carbons (Fsp3) is 0.684. The van der Waals surface area contributed by atoms with Crippen LogP contribution in [0.15, 0.2) is 5.16 Å². The molecule has 1 saturated heterocycles. The highest BCUT2D eigenvalue weighted by Gasteiger charge is 2.21. The van der Waals surface area contributed by atoms with Gasteiger partial charge >= 0.3 is 0 Å². The number of fused-ring (bicyclic) bond motifs is 1. The Bertz CT molecular complexity index is 829. The second-order valence-electron chi connectivity index (χ2n) is 7.44. The number of thioether (sulfide) groups is 1. The lowest BCUT2D eigenvalue weighted by Gasteiger charge is -2.35. The predicted octanol–water partition coefficient (Wildman–Crippen LogP) is 1.62. The molecule has 2 aromatic rings. The van der Waals surface area contributed by atoms with Crippen molar-refractivity contribution >= 4 is 23.4 Å². The number of nitrogens with one attached hydrogen (secondary N) is 1. The molecule has 3 heterocycles. The minimum Gasteiger partial charge on any atom is -0.373 e. The highest BCUT2D eigenvalue weighted by Crippen LogP contribution is 2.18. The van der Waals surface area contributed by atoms with Crippen molar-refractivity contribution in [2.45, 2.75) is 57.9 Å². The Balaban J connectivity index is 1.51. The van der Waals surface area contributed by atoms with Gasteiger partial charge in [0.2, 0.25) is 11.1 Å². The molecule has 1 aliphatic heterocycles. The molecule has 1 amide bonds. The molecule has 0 radical (unpaired) electrons. The summed E-state index contributed by atoms with van der Waals surface area (Å²) in [5, 5.41) is 8.21. The number of aryl methyl sites for hydroxylation is 2. The zero-order chi connectivity index (χ0) is 20.3. The summed E-state index contributed by atoms with van der Waals surface area (Å²) in [6.07, 6.45) is 3.52. The largest absolute Gasteiger partial charge is 0.373 e. The second kappa shape index (κ2) is 9.19. The third kappa shape index (κ3) is 5.01. The third-order valence-corrected chi connectivity index (χ3v) is 5.60. The molecule has 2 atom stereocenters. The molecule has 0 aliphatic carbocycles. The van der Waals surface area contributed by atoms with Crippen molar-refractivity contribution in [2.24, 2.45) is 0 Å². The molecule has 2 unspecified atom stereocenters. The highest BCUT2D eigenvalue weighted by molar-refractivity contribution is 7.98. The molecule has 1 aliphatic rings. The Morgan fingerprint density at radius 3 is 2.64 bits per heavy atom. The van der Waals surface area contributed by atoms with Gasteiger partial charge in [-0.15, -0.1) is 5.10 Å². The van der Waals surface area contributed by atoms with E-state index in [4.69, 9.17) is 4.74 Å². The number of aromatic nitrogens is 4. The van der Waals surface area contributed by atoms with Gasteiger partial charge in [0, 0.05) is 44.0 Å². The van der Waals surface area contributed by atoms with E-state index in [1.54, 1.807) is 4.52 Å². The van der Waals surface area contributed by atoms with Crippen LogP contribution in [0.5, 0.6) is 0 Å². The van der Waals surface area contributed by atoms with E-state index in [1.807, 2.05) is 20.1 Å². The van der Waals surface area contributed by atoms with Gasteiger partial charge in [-0.05, 0) is 45.9 Å². The predicted molar refractivity (Wildman–Crippen MR) is 110 cm³/mol. The molecule has 9 heteroatoms. The summed E-state index contributed by atoms with van der Waals surface area (Å²) in [5.74, 6) is 0.679. The Morgan fingerprint density at radius 1 is 1.25 bits per heavy atom. The van der Waals surface area contributed by atoms with Gasteiger partial charge < -0.3 is 10.1 Å². The summed E-state index contributed by atoms with van der Waals surface area (Å²) >= 11 is 1.50. The van der Waals surface area contributed by atoms with Gasteiger partial charge in [0.05, 0.1) is 12.2 Å². The molecular formula is C19H30N6O2S. The van der Waals surface area contributed by atoms with Crippen molar-refractivity contribution in [2.75, 3.05) is 32.4 Å². The van der Waals surface area contributed by atoms with E-state index in [1.165, 1.54) is 11.8 Å². The molecular weight excluding hydrogens is 376 g/mol. The maximum atomic E-state index is 12.3. The van der Waals surface area contributed by atoms with Crippen LogP contribution in [0.3, 0.4) is 0 Å². The SMILES string of the molecule is CSc1nc2nc(C)c(CCC(=O)NCCN3CC(C)OC(C)C3)c(C)n2n1. The first kappa shape index (κ1) is 21.0. The molecule has 1 fully saturated rings. The van der Waals surface area contributed by atoms with E-state index in [0.717, 1.165) is 36.6 Å². The number of ether oxygens (including phenoxy) is 1. The second-order valence-corrected chi connectivity index (χ2v) is 8.21. The van der Waals surface area contributed by atoms with Crippen molar-refractivity contribution in [3.05, 3.63) is 17.0 Å². The van der Waals surface area contributed by atoms with Gasteiger partial charge in [-0.25, -0.2) is 9.50 Å². The number of rotatable bonds is 7. The average Bonchev–Trinajstić information content (AvgIpc) is 3.04. The van der Waals surface area contributed by atoms with Gasteiger partial charge in [0.1, 0.15) is 0 Å². The number of morpholine rings is 1. The zero-order valence-corrected chi connectivity index (χ0v) is 18.2. The first-order valence-electron chi connectivity index (χ1n) is 9.78. The summed E-state index contributed by atoms with van der Waals surface area (Å²) in [6, 6.07) is 0. The molecule has 3 rings (SSSR count). The molecule has 0 bridgehead atoms. The molecule has 8 nitrogen and oxygen atoms in total. The van der Waals surface area contributed by atoms with Crippen LogP contribution in [0.2, 0.25) is 0 Å². The molecule has 28 heavy (non-hydrogen) atoms. The van der Waals surface area contributed by atoms with Gasteiger partial charge in [-0.3, -0.25) is 9.69 Å². The van der Waals surface area contributed by atoms with Crippen LogP contribution in [-0.4, -0.2) is 75.0 Å². The van der Waals surface area contributed by atoms with Gasteiger partial charge in [-0.1, -0.05) is 11.8 Å². The van der Waals surface area contributed by atoms with E-state index in [-0.39, 0.29) is 18.1 Å². The summed E-state index contributed by atoms with van der Waals surface area (Å²) < 4.78 is 7.52. The third-order valence-electron chi connectivity index (χ3n) is 5.06. The lowest BCUT2D eigenvalue weighted by Crippen LogP contribution is -2.47. The quantitative estimate of drug-likeness (QED) is 0.700. The van der Waals surface area contributed by atoms with E-state index in [9.17, 15) is 4.79 Å². The normalized spacial score (nSPS) is 20.6. The van der Waals surface area contributed by atoms with Crippen molar-refractivity contribution in [3.63, 3.8) is 0 Å². The Morgan fingerprint density at radius 2 is 1.96 bits per heavy atom. The highest BCUT2D eigenvalue weighted by atomic mass is 32.2. The zero-order valence-electron chi connectivity index (χ0n) is 17.4. The maximum absolute atomic E-state index is 12.3. The van der Waals surface area contributed by atoms with E-state index in [0.29, 0.717) is 30.3 Å². The van der Waals surface area contributed by atoms with Crippen LogP contribution in [-0.2, 0) is 16.0 Å². The Hall–Kier alpha value is -1.71. The molecule has 0 aromatic carbocycles. The first-order chi connectivity index (χ1) is 13.4. The van der Waals surface area contributed by atoms with Crippen LogP contribution < -0.4 is 5.32 Å². The Kier molecular flexibility index (Phi) is 6.90. The summed E-state index contributed by atoms with van der Waals surface area (Å²) in [7, 11) is 0. The van der Waals surface area contributed by atoms with E-state index < -0.39 is 0 Å². The van der Waals surface area contributed by atoms with Crippen LogP contribution in [0.4, 0.5) is 0 Å². The lowest BCUT2D eigenvalue weighted by molar-refractivity contribution is -0.121. The number of carbonyl (C=O) groups is 1. The van der Waals surface area contributed by atoms with Crippen molar-refractivity contribution < 1.29 is 9.53 Å². The summed E-state index contributed by atoms with van der Waals surface area (Å²) in [4.78, 5) is 23.6. The summed E-state index contributed by atoms with van der Waals surface area (Å²) in [6.45, 7) is 11.5. The fourth-order valence-corrected chi connectivity index (χ4v) is 4.12. The van der Waals surface area contributed by atoms with Crippen molar-refractivity contribution in [3.8, 4) is 0 Å². The molecule has 2 aromatic heterocycles. The van der Waals surface area contributed by atoms with Crippen LogP contribution >= 0.6 is 11.8 Å². The summed E-state index contributed by atoms with van der Waals surface area (Å²) in [5.41, 5.74) is 2.98. The molecule has 154 valence electrons. The minimum atomic E-state index is 0.0663. The van der Waals surface area contributed by atoms with Crippen molar-refractivity contribution in [1.82, 2.24) is 29.8 Å². The van der Waals surface area contributed by atoms with Gasteiger partial charge in [0.15, 0.2) is 0 Å². The number of hydrogen-bond acceptors (Lipinski definition) is 7. The average molecular weight is 407 g/mol. The molecule has 0 saturated carbocycles. The number of amides is 1. The van der Waals surface area contributed by atoms with E-state index >= 15 is 0 Å².